The van der Waals surface area contributed by atoms with Crippen LogP contribution in [0.2, 0.25) is 5.02 Å². The van der Waals surface area contributed by atoms with Crippen molar-refractivity contribution >= 4 is 50.9 Å². The number of carbonyl (C=O) groups is 1. The van der Waals surface area contributed by atoms with E-state index in [1.54, 1.807) is 56.3 Å². The average Bonchev–Trinajstić information content (AvgIpc) is 3.30. The summed E-state index contributed by atoms with van der Waals surface area (Å²) in [6.45, 7) is 3.87. The van der Waals surface area contributed by atoms with Crippen molar-refractivity contribution < 1.29 is 19.0 Å². The van der Waals surface area contributed by atoms with E-state index in [9.17, 15) is 9.59 Å². The van der Waals surface area contributed by atoms with Gasteiger partial charge in [-0.05, 0) is 74.0 Å². The minimum Gasteiger partial charge on any atom is -0.496 e. The SMILES string of the molecule is CCOC(=O)C1=C(C)N=c2s/c(=C\c3cc(Cl)ccc3OCc3ccc(C#N)cc3)c(=O)n2[C@H]1c1cc(Br)ccc1OC. The average molecular weight is 679 g/mol. The van der Waals surface area contributed by atoms with E-state index in [4.69, 9.17) is 31.1 Å². The highest BCUT2D eigenvalue weighted by Crippen LogP contribution is 2.37. The van der Waals surface area contributed by atoms with Crippen LogP contribution in [0.1, 0.15) is 42.1 Å². The van der Waals surface area contributed by atoms with Gasteiger partial charge in [0.1, 0.15) is 24.1 Å². The smallest absolute Gasteiger partial charge is 0.338 e. The van der Waals surface area contributed by atoms with Crippen LogP contribution in [-0.4, -0.2) is 24.3 Å². The molecule has 8 nitrogen and oxygen atoms in total. The number of thiazole rings is 1. The summed E-state index contributed by atoms with van der Waals surface area (Å²) in [5.41, 5.74) is 3.01. The van der Waals surface area contributed by atoms with Crippen LogP contribution >= 0.6 is 38.9 Å². The van der Waals surface area contributed by atoms with Crippen molar-refractivity contribution in [1.29, 1.82) is 5.26 Å². The molecular weight excluding hydrogens is 654 g/mol. The second kappa shape index (κ2) is 13.0. The molecule has 0 spiro atoms. The standard InChI is InChI=1S/C32H25BrClN3O5S/c1-4-41-31(39)28-18(2)36-32-37(29(28)24-15-22(33)9-11-26(24)40-3)30(38)27(43-32)14-21-13-23(34)10-12-25(21)42-17-20-7-5-19(16-35)6-8-20/h5-15,29H,4,17H2,1-3H3/b27-14-/t29-/m0/s1. The van der Waals surface area contributed by atoms with Gasteiger partial charge in [-0.25, -0.2) is 9.79 Å². The molecule has 0 aliphatic carbocycles. The Morgan fingerprint density at radius 3 is 2.60 bits per heavy atom. The number of aromatic nitrogens is 1. The molecular formula is C32H25BrClN3O5S. The number of carbonyl (C=O) groups excluding carboxylic acids is 1. The number of hydrogen-bond acceptors (Lipinski definition) is 8. The van der Waals surface area contributed by atoms with Gasteiger partial charge in [-0.15, -0.1) is 0 Å². The van der Waals surface area contributed by atoms with Gasteiger partial charge in [0.25, 0.3) is 5.56 Å². The monoisotopic (exact) mass is 677 g/mol. The Morgan fingerprint density at radius 2 is 1.91 bits per heavy atom. The molecule has 43 heavy (non-hydrogen) atoms. The summed E-state index contributed by atoms with van der Waals surface area (Å²) < 4.78 is 19.8. The molecule has 218 valence electrons. The van der Waals surface area contributed by atoms with Gasteiger partial charge in [0.15, 0.2) is 4.80 Å². The molecule has 11 heteroatoms. The minimum atomic E-state index is -0.837. The lowest BCUT2D eigenvalue weighted by atomic mass is 9.95. The summed E-state index contributed by atoms with van der Waals surface area (Å²) in [4.78, 5) is 32.4. The molecule has 1 atom stereocenters. The highest BCUT2D eigenvalue weighted by Gasteiger charge is 2.35. The topological polar surface area (TPSA) is 103 Å². The van der Waals surface area contributed by atoms with Crippen molar-refractivity contribution in [3.8, 4) is 17.6 Å². The lowest BCUT2D eigenvalue weighted by molar-refractivity contribution is -0.139. The number of allylic oxidation sites excluding steroid dienone is 1. The number of hydrogen-bond donors (Lipinski definition) is 0. The van der Waals surface area contributed by atoms with E-state index in [0.29, 0.717) is 48.2 Å². The van der Waals surface area contributed by atoms with Crippen molar-refractivity contribution in [2.75, 3.05) is 13.7 Å². The Labute approximate surface area is 264 Å². The lowest BCUT2D eigenvalue weighted by Crippen LogP contribution is -2.40. The molecule has 1 aromatic heterocycles. The Hall–Kier alpha value is -4.17. The normalized spacial score (nSPS) is 14.5. The van der Waals surface area contributed by atoms with Crippen LogP contribution in [0.3, 0.4) is 0 Å². The minimum absolute atomic E-state index is 0.169. The zero-order valence-corrected chi connectivity index (χ0v) is 26.5. The highest BCUT2D eigenvalue weighted by molar-refractivity contribution is 9.10. The summed E-state index contributed by atoms with van der Waals surface area (Å²) in [6.07, 6.45) is 1.71. The molecule has 0 bridgehead atoms. The van der Waals surface area contributed by atoms with Crippen LogP contribution in [0.4, 0.5) is 0 Å². The van der Waals surface area contributed by atoms with Gasteiger partial charge >= 0.3 is 5.97 Å². The van der Waals surface area contributed by atoms with Crippen molar-refractivity contribution in [3.63, 3.8) is 0 Å². The van der Waals surface area contributed by atoms with Gasteiger partial charge in [-0.1, -0.05) is 51.0 Å². The maximum atomic E-state index is 14.1. The van der Waals surface area contributed by atoms with E-state index < -0.39 is 12.0 Å². The van der Waals surface area contributed by atoms with Gasteiger partial charge in [0.2, 0.25) is 0 Å². The molecule has 0 amide bonds. The maximum absolute atomic E-state index is 14.1. The van der Waals surface area contributed by atoms with Gasteiger partial charge in [-0.3, -0.25) is 9.36 Å². The van der Waals surface area contributed by atoms with Crippen LogP contribution in [0, 0.1) is 11.3 Å². The molecule has 0 fully saturated rings. The highest BCUT2D eigenvalue weighted by atomic mass is 79.9. The number of ether oxygens (including phenoxy) is 3. The maximum Gasteiger partial charge on any atom is 0.338 e. The number of methoxy groups -OCH3 is 1. The fourth-order valence-electron chi connectivity index (χ4n) is 4.75. The first-order valence-corrected chi connectivity index (χ1v) is 15.2. The van der Waals surface area contributed by atoms with Gasteiger partial charge in [0, 0.05) is 20.6 Å². The summed E-state index contributed by atoms with van der Waals surface area (Å²) in [5.74, 6) is 0.471. The van der Waals surface area contributed by atoms with E-state index in [2.05, 4.69) is 27.0 Å². The first-order chi connectivity index (χ1) is 20.7. The predicted octanol–water partition coefficient (Wildman–Crippen LogP) is 5.67. The molecule has 0 radical (unpaired) electrons. The molecule has 5 rings (SSSR count). The van der Waals surface area contributed by atoms with Crippen LogP contribution < -0.4 is 24.4 Å². The number of nitriles is 1. The fraction of sp³-hybridized carbons (Fsp3) is 0.188. The summed E-state index contributed by atoms with van der Waals surface area (Å²) in [5, 5.41) is 9.53. The summed E-state index contributed by atoms with van der Waals surface area (Å²) in [7, 11) is 1.54. The quantitative estimate of drug-likeness (QED) is 0.223. The summed E-state index contributed by atoms with van der Waals surface area (Å²) in [6, 6.07) is 19.0. The molecule has 0 saturated heterocycles. The van der Waals surface area contributed by atoms with E-state index in [1.807, 2.05) is 24.3 Å². The van der Waals surface area contributed by atoms with E-state index >= 15 is 0 Å². The van der Waals surface area contributed by atoms with Crippen LogP contribution in [0.15, 0.2) is 86.2 Å². The molecule has 3 aromatic carbocycles. The van der Waals surface area contributed by atoms with Crippen molar-refractivity contribution in [1.82, 2.24) is 4.57 Å². The Morgan fingerprint density at radius 1 is 1.16 bits per heavy atom. The van der Waals surface area contributed by atoms with Crippen LogP contribution in [0.5, 0.6) is 11.5 Å². The van der Waals surface area contributed by atoms with Crippen LogP contribution in [0.25, 0.3) is 6.08 Å². The Bertz CT molecular complexity index is 1980. The number of esters is 1. The number of benzene rings is 3. The predicted molar refractivity (Wildman–Crippen MR) is 168 cm³/mol. The molecule has 0 saturated carbocycles. The molecule has 1 aliphatic heterocycles. The first-order valence-electron chi connectivity index (χ1n) is 13.2. The van der Waals surface area contributed by atoms with Crippen LogP contribution in [-0.2, 0) is 16.1 Å². The molecule has 4 aromatic rings. The third kappa shape index (κ3) is 6.30. The molecule has 2 heterocycles. The number of halogens is 2. The van der Waals surface area contributed by atoms with Gasteiger partial charge in [0.05, 0.1) is 41.2 Å². The third-order valence-corrected chi connectivity index (χ3v) is 8.45. The van der Waals surface area contributed by atoms with Gasteiger partial charge in [-0.2, -0.15) is 5.26 Å². The second-order valence-electron chi connectivity index (χ2n) is 9.47. The zero-order valence-electron chi connectivity index (χ0n) is 23.4. The summed E-state index contributed by atoms with van der Waals surface area (Å²) >= 11 is 11.1. The van der Waals surface area contributed by atoms with E-state index in [1.165, 1.54) is 23.0 Å². The molecule has 0 unspecified atom stereocenters. The second-order valence-corrected chi connectivity index (χ2v) is 11.8. The number of rotatable bonds is 8. The van der Waals surface area contributed by atoms with Crippen molar-refractivity contribution in [2.24, 2.45) is 4.99 Å². The van der Waals surface area contributed by atoms with E-state index in [-0.39, 0.29) is 24.3 Å². The first kappa shape index (κ1) is 30.3. The fourth-order valence-corrected chi connectivity index (χ4v) is 6.34. The lowest BCUT2D eigenvalue weighted by Gasteiger charge is -2.26. The third-order valence-electron chi connectivity index (χ3n) is 6.74. The van der Waals surface area contributed by atoms with E-state index in [0.717, 1.165) is 10.0 Å². The number of nitrogens with zero attached hydrogens (tertiary/aromatic N) is 3. The number of fused-ring (bicyclic) bond motifs is 1. The Balaban J connectivity index is 1.64. The largest absolute Gasteiger partial charge is 0.496 e. The molecule has 0 N–H and O–H groups in total. The van der Waals surface area contributed by atoms with Gasteiger partial charge < -0.3 is 14.2 Å². The van der Waals surface area contributed by atoms with Crippen molar-refractivity contribution in [2.45, 2.75) is 26.5 Å². The van der Waals surface area contributed by atoms with Crippen molar-refractivity contribution in [3.05, 3.63) is 123 Å². The molecule has 1 aliphatic rings. The zero-order chi connectivity index (χ0) is 30.7. The Kier molecular flexibility index (Phi) is 9.16.